The lowest BCUT2D eigenvalue weighted by atomic mass is 9.91. The number of benzene rings is 1. The number of nitrogens with one attached hydrogen (secondary N) is 1. The van der Waals surface area contributed by atoms with E-state index in [1.165, 1.54) is 19.2 Å². The first-order valence-corrected chi connectivity index (χ1v) is 8.30. The zero-order chi connectivity index (χ0) is 15.4. The summed E-state index contributed by atoms with van der Waals surface area (Å²) in [6, 6.07) is 4.48. The molecule has 0 saturated heterocycles. The molecule has 0 unspecified atom stereocenters. The summed E-state index contributed by atoms with van der Waals surface area (Å²) in [6.07, 6.45) is 2.22. The summed E-state index contributed by atoms with van der Waals surface area (Å²) in [5, 5.41) is 0. The molecule has 3 N–H and O–H groups in total. The molecule has 0 aliphatic heterocycles. The fourth-order valence-corrected chi connectivity index (χ4v) is 3.80. The average molecular weight is 300 g/mol. The predicted octanol–water partition coefficient (Wildman–Crippen LogP) is 2.52. The Morgan fingerprint density at radius 2 is 1.75 bits per heavy atom. The molecule has 0 heterocycles. The third-order valence-corrected chi connectivity index (χ3v) is 5.47. The van der Waals surface area contributed by atoms with Gasteiger partial charge < -0.3 is 10.5 Å². The standard InChI is InChI=1S/C14H24N2O3S/c1-5-14(6-2,7-3)16-20(17,18)11-8-9-12(15)13(10-11)19-4/h8-10,16H,5-7,15H2,1-4H3. The highest BCUT2D eigenvalue weighted by molar-refractivity contribution is 7.89. The van der Waals surface area contributed by atoms with E-state index in [-0.39, 0.29) is 4.90 Å². The smallest absolute Gasteiger partial charge is 0.241 e. The van der Waals surface area contributed by atoms with Gasteiger partial charge in [-0.15, -0.1) is 0 Å². The molecule has 0 aromatic heterocycles. The third-order valence-electron chi connectivity index (χ3n) is 3.90. The summed E-state index contributed by atoms with van der Waals surface area (Å²) in [5.74, 6) is 0.364. The van der Waals surface area contributed by atoms with Crippen molar-refractivity contribution in [2.45, 2.75) is 50.5 Å². The van der Waals surface area contributed by atoms with Gasteiger partial charge in [0.05, 0.1) is 17.7 Å². The zero-order valence-electron chi connectivity index (χ0n) is 12.6. The highest BCUT2D eigenvalue weighted by atomic mass is 32.2. The summed E-state index contributed by atoms with van der Waals surface area (Å²) in [5.41, 5.74) is 5.72. The molecule has 0 radical (unpaired) electrons. The van der Waals surface area contributed by atoms with Gasteiger partial charge in [0.25, 0.3) is 0 Å². The maximum atomic E-state index is 12.5. The number of sulfonamides is 1. The Morgan fingerprint density at radius 1 is 1.20 bits per heavy atom. The van der Waals surface area contributed by atoms with E-state index in [1.54, 1.807) is 6.07 Å². The normalized spacial score (nSPS) is 12.4. The number of anilines is 1. The SMILES string of the molecule is CCC(CC)(CC)NS(=O)(=O)c1ccc(N)c(OC)c1. The van der Waals surface area contributed by atoms with Crippen LogP contribution in [0.25, 0.3) is 0 Å². The number of nitrogens with two attached hydrogens (primary N) is 1. The van der Waals surface area contributed by atoms with Crippen molar-refractivity contribution in [3.63, 3.8) is 0 Å². The van der Waals surface area contributed by atoms with Crippen molar-refractivity contribution in [1.29, 1.82) is 0 Å². The van der Waals surface area contributed by atoms with Crippen molar-refractivity contribution >= 4 is 15.7 Å². The minimum absolute atomic E-state index is 0.170. The van der Waals surface area contributed by atoms with E-state index in [1.807, 2.05) is 20.8 Å². The lowest BCUT2D eigenvalue weighted by Crippen LogP contribution is -2.46. The first-order chi connectivity index (χ1) is 9.34. The van der Waals surface area contributed by atoms with Gasteiger partial charge in [-0.3, -0.25) is 0 Å². The summed E-state index contributed by atoms with van der Waals surface area (Å²) in [4.78, 5) is 0.170. The van der Waals surface area contributed by atoms with Gasteiger partial charge >= 0.3 is 0 Å². The molecule has 0 atom stereocenters. The van der Waals surface area contributed by atoms with Crippen LogP contribution in [0.4, 0.5) is 5.69 Å². The van der Waals surface area contributed by atoms with E-state index in [2.05, 4.69) is 4.72 Å². The van der Waals surface area contributed by atoms with Crippen LogP contribution in [0, 0.1) is 0 Å². The topological polar surface area (TPSA) is 81.4 Å². The average Bonchev–Trinajstić information content (AvgIpc) is 2.45. The van der Waals surface area contributed by atoms with Crippen molar-refractivity contribution in [1.82, 2.24) is 4.72 Å². The Hall–Kier alpha value is -1.27. The highest BCUT2D eigenvalue weighted by Gasteiger charge is 2.30. The molecule has 0 spiro atoms. The second-order valence-electron chi connectivity index (χ2n) is 4.85. The molecule has 6 heteroatoms. The maximum Gasteiger partial charge on any atom is 0.241 e. The first kappa shape index (κ1) is 16.8. The highest BCUT2D eigenvalue weighted by Crippen LogP contribution is 2.27. The lowest BCUT2D eigenvalue weighted by Gasteiger charge is -2.31. The minimum Gasteiger partial charge on any atom is -0.495 e. The van der Waals surface area contributed by atoms with Crippen molar-refractivity contribution in [3.05, 3.63) is 18.2 Å². The lowest BCUT2D eigenvalue weighted by molar-refractivity contribution is 0.341. The minimum atomic E-state index is -3.59. The van der Waals surface area contributed by atoms with Crippen molar-refractivity contribution in [2.75, 3.05) is 12.8 Å². The van der Waals surface area contributed by atoms with Crippen LogP contribution in [0.15, 0.2) is 23.1 Å². The van der Waals surface area contributed by atoms with Crippen LogP contribution in [0.5, 0.6) is 5.75 Å². The van der Waals surface area contributed by atoms with Crippen molar-refractivity contribution in [2.24, 2.45) is 0 Å². The number of rotatable bonds is 7. The summed E-state index contributed by atoms with van der Waals surface area (Å²) < 4.78 is 32.9. The van der Waals surface area contributed by atoms with Gasteiger partial charge in [-0.1, -0.05) is 20.8 Å². The molecule has 1 aromatic carbocycles. The number of methoxy groups -OCH3 is 1. The Bertz CT molecular complexity index is 543. The molecule has 0 fully saturated rings. The van der Waals surface area contributed by atoms with Gasteiger partial charge in [-0.25, -0.2) is 13.1 Å². The van der Waals surface area contributed by atoms with E-state index in [4.69, 9.17) is 10.5 Å². The maximum absolute atomic E-state index is 12.5. The molecule has 0 bridgehead atoms. The van der Waals surface area contributed by atoms with Gasteiger partial charge in [-0.2, -0.15) is 0 Å². The molecule has 1 aromatic rings. The fourth-order valence-electron chi connectivity index (χ4n) is 2.17. The van der Waals surface area contributed by atoms with E-state index in [0.717, 1.165) is 19.3 Å². The van der Waals surface area contributed by atoms with E-state index in [9.17, 15) is 8.42 Å². The van der Waals surface area contributed by atoms with Crippen LogP contribution in [-0.4, -0.2) is 21.1 Å². The molecule has 20 heavy (non-hydrogen) atoms. The van der Waals surface area contributed by atoms with Gasteiger partial charge in [0.1, 0.15) is 5.75 Å². The van der Waals surface area contributed by atoms with Gasteiger partial charge in [0, 0.05) is 11.6 Å². The quantitative estimate of drug-likeness (QED) is 0.758. The van der Waals surface area contributed by atoms with Crippen molar-refractivity contribution in [3.8, 4) is 5.75 Å². The van der Waals surface area contributed by atoms with Gasteiger partial charge in [0.15, 0.2) is 0 Å². The van der Waals surface area contributed by atoms with Crippen LogP contribution in [0.2, 0.25) is 0 Å². The number of nitrogen functional groups attached to an aromatic ring is 1. The van der Waals surface area contributed by atoms with Gasteiger partial charge in [0.2, 0.25) is 10.0 Å². The van der Waals surface area contributed by atoms with Crippen LogP contribution < -0.4 is 15.2 Å². The van der Waals surface area contributed by atoms with Crippen LogP contribution in [0.3, 0.4) is 0 Å². The van der Waals surface area contributed by atoms with E-state index < -0.39 is 15.6 Å². The van der Waals surface area contributed by atoms with Crippen LogP contribution >= 0.6 is 0 Å². The summed E-state index contributed by atoms with van der Waals surface area (Å²) in [7, 11) is -2.13. The Labute approximate surface area is 121 Å². The summed E-state index contributed by atoms with van der Waals surface area (Å²) in [6.45, 7) is 5.96. The molecule has 5 nitrogen and oxygen atoms in total. The second kappa shape index (κ2) is 6.45. The van der Waals surface area contributed by atoms with Crippen LogP contribution in [-0.2, 0) is 10.0 Å². The molecule has 0 saturated carbocycles. The number of ether oxygens (including phenoxy) is 1. The molecular formula is C14H24N2O3S. The zero-order valence-corrected chi connectivity index (χ0v) is 13.4. The first-order valence-electron chi connectivity index (χ1n) is 6.81. The Morgan fingerprint density at radius 3 is 2.20 bits per heavy atom. The largest absolute Gasteiger partial charge is 0.495 e. The van der Waals surface area contributed by atoms with E-state index in [0.29, 0.717) is 11.4 Å². The Balaban J connectivity index is 3.17. The Kier molecular flexibility index (Phi) is 5.42. The summed E-state index contributed by atoms with van der Waals surface area (Å²) >= 11 is 0. The molecule has 0 aliphatic carbocycles. The number of hydrogen-bond acceptors (Lipinski definition) is 4. The van der Waals surface area contributed by atoms with Crippen LogP contribution in [0.1, 0.15) is 40.0 Å². The second-order valence-corrected chi connectivity index (χ2v) is 6.53. The number of hydrogen-bond donors (Lipinski definition) is 2. The molecule has 0 aliphatic rings. The monoisotopic (exact) mass is 300 g/mol. The van der Waals surface area contributed by atoms with Gasteiger partial charge in [-0.05, 0) is 31.4 Å². The fraction of sp³-hybridized carbons (Fsp3) is 0.571. The predicted molar refractivity (Wildman–Crippen MR) is 81.3 cm³/mol. The molecule has 0 amide bonds. The van der Waals surface area contributed by atoms with E-state index >= 15 is 0 Å². The van der Waals surface area contributed by atoms with Crippen molar-refractivity contribution < 1.29 is 13.2 Å². The molecular weight excluding hydrogens is 276 g/mol. The molecule has 1 rings (SSSR count). The third kappa shape index (κ3) is 3.43. The molecule has 114 valence electrons.